The molecule has 2 aromatic rings. The standard InChI is InChI=1S/C25H33N3O3S/c1-20-11-15-28(16-12-20)32(30,31)24-6-4-5-23(17-24)25(29)26-18-21-7-9-22(10-8-21)19-27-13-2-3-14-27/h4-10,17,20H,2-3,11-16,18-19H2,1H3,(H,26,29). The predicted molar refractivity (Wildman–Crippen MR) is 126 cm³/mol. The third-order valence-corrected chi connectivity index (χ3v) is 8.45. The summed E-state index contributed by atoms with van der Waals surface area (Å²) in [6, 6.07) is 14.7. The Morgan fingerprint density at radius 3 is 2.31 bits per heavy atom. The van der Waals surface area contributed by atoms with Crippen molar-refractivity contribution in [1.82, 2.24) is 14.5 Å². The van der Waals surface area contributed by atoms with Gasteiger partial charge in [-0.3, -0.25) is 9.69 Å². The quantitative estimate of drug-likeness (QED) is 0.692. The van der Waals surface area contributed by atoms with Crippen LogP contribution < -0.4 is 5.32 Å². The van der Waals surface area contributed by atoms with Gasteiger partial charge in [0.15, 0.2) is 0 Å². The van der Waals surface area contributed by atoms with E-state index < -0.39 is 10.0 Å². The van der Waals surface area contributed by atoms with Crippen LogP contribution in [0.5, 0.6) is 0 Å². The van der Waals surface area contributed by atoms with Gasteiger partial charge in [-0.1, -0.05) is 37.3 Å². The second-order valence-corrected chi connectivity index (χ2v) is 11.0. The van der Waals surface area contributed by atoms with Crippen LogP contribution >= 0.6 is 0 Å². The van der Waals surface area contributed by atoms with E-state index in [0.717, 1.165) is 24.9 Å². The van der Waals surface area contributed by atoms with Gasteiger partial charge in [-0.05, 0) is 74.0 Å². The molecule has 1 amide bonds. The summed E-state index contributed by atoms with van der Waals surface area (Å²) in [6.07, 6.45) is 4.31. The zero-order chi connectivity index (χ0) is 22.6. The molecule has 0 saturated carbocycles. The van der Waals surface area contributed by atoms with Crippen LogP contribution in [0.15, 0.2) is 53.4 Å². The van der Waals surface area contributed by atoms with E-state index in [4.69, 9.17) is 0 Å². The molecule has 2 fully saturated rings. The lowest BCUT2D eigenvalue weighted by Crippen LogP contribution is -2.38. The van der Waals surface area contributed by atoms with Crippen molar-refractivity contribution in [3.8, 4) is 0 Å². The van der Waals surface area contributed by atoms with Gasteiger partial charge in [-0.2, -0.15) is 4.31 Å². The highest BCUT2D eigenvalue weighted by Crippen LogP contribution is 2.24. The largest absolute Gasteiger partial charge is 0.348 e. The van der Waals surface area contributed by atoms with Crippen LogP contribution in [0.25, 0.3) is 0 Å². The maximum Gasteiger partial charge on any atom is 0.251 e. The fraction of sp³-hybridized carbons (Fsp3) is 0.480. The first-order valence-corrected chi connectivity index (χ1v) is 13.0. The molecule has 2 aromatic carbocycles. The zero-order valence-corrected chi connectivity index (χ0v) is 19.6. The van der Waals surface area contributed by atoms with Crippen molar-refractivity contribution >= 4 is 15.9 Å². The summed E-state index contributed by atoms with van der Waals surface area (Å²) in [4.78, 5) is 15.3. The van der Waals surface area contributed by atoms with Gasteiger partial charge in [0.2, 0.25) is 10.0 Å². The zero-order valence-electron chi connectivity index (χ0n) is 18.8. The van der Waals surface area contributed by atoms with E-state index in [0.29, 0.717) is 31.1 Å². The van der Waals surface area contributed by atoms with Crippen LogP contribution in [0.2, 0.25) is 0 Å². The van der Waals surface area contributed by atoms with Crippen molar-refractivity contribution in [2.45, 2.75) is 50.6 Å². The lowest BCUT2D eigenvalue weighted by atomic mass is 10.0. The molecule has 7 heteroatoms. The van der Waals surface area contributed by atoms with E-state index in [2.05, 4.69) is 29.3 Å². The van der Waals surface area contributed by atoms with Crippen LogP contribution in [-0.4, -0.2) is 49.7 Å². The van der Waals surface area contributed by atoms with Crippen molar-refractivity contribution in [2.24, 2.45) is 5.92 Å². The Hall–Kier alpha value is -2.22. The van der Waals surface area contributed by atoms with E-state index in [9.17, 15) is 13.2 Å². The van der Waals surface area contributed by atoms with Crippen molar-refractivity contribution in [1.29, 1.82) is 0 Å². The fourth-order valence-electron chi connectivity index (χ4n) is 4.42. The number of likely N-dealkylation sites (tertiary alicyclic amines) is 1. The second-order valence-electron chi connectivity index (χ2n) is 9.10. The third-order valence-electron chi connectivity index (χ3n) is 6.56. The number of nitrogens with one attached hydrogen (secondary N) is 1. The maximum absolute atomic E-state index is 13.0. The number of sulfonamides is 1. The Labute approximate surface area is 191 Å². The van der Waals surface area contributed by atoms with Gasteiger partial charge in [0.25, 0.3) is 5.91 Å². The average molecular weight is 456 g/mol. The summed E-state index contributed by atoms with van der Waals surface area (Å²) in [6.45, 7) is 6.94. The minimum absolute atomic E-state index is 0.186. The molecule has 0 aromatic heterocycles. The molecule has 32 heavy (non-hydrogen) atoms. The van der Waals surface area contributed by atoms with Crippen LogP contribution in [0.3, 0.4) is 0 Å². The van der Waals surface area contributed by atoms with Gasteiger partial charge >= 0.3 is 0 Å². The lowest BCUT2D eigenvalue weighted by molar-refractivity contribution is 0.0950. The number of rotatable bonds is 7. The van der Waals surface area contributed by atoms with Crippen LogP contribution in [-0.2, 0) is 23.1 Å². The molecule has 0 aliphatic carbocycles. The second kappa shape index (κ2) is 10.1. The first kappa shape index (κ1) is 23.0. The van der Waals surface area contributed by atoms with Crippen molar-refractivity contribution in [3.05, 3.63) is 65.2 Å². The van der Waals surface area contributed by atoms with Crippen LogP contribution in [0.4, 0.5) is 0 Å². The molecule has 172 valence electrons. The molecular weight excluding hydrogens is 422 g/mol. The smallest absolute Gasteiger partial charge is 0.251 e. The highest BCUT2D eigenvalue weighted by atomic mass is 32.2. The van der Waals surface area contributed by atoms with Gasteiger partial charge in [-0.25, -0.2) is 8.42 Å². The summed E-state index contributed by atoms with van der Waals surface area (Å²) >= 11 is 0. The Morgan fingerprint density at radius 2 is 1.62 bits per heavy atom. The minimum atomic E-state index is -3.57. The number of piperidine rings is 1. The third kappa shape index (κ3) is 5.57. The van der Waals surface area contributed by atoms with Gasteiger partial charge in [0.1, 0.15) is 0 Å². The van der Waals surface area contributed by atoms with Gasteiger partial charge in [0, 0.05) is 31.7 Å². The summed E-state index contributed by atoms with van der Waals surface area (Å²) < 4.78 is 27.5. The monoisotopic (exact) mass is 455 g/mol. The Morgan fingerprint density at radius 1 is 0.969 bits per heavy atom. The summed E-state index contributed by atoms with van der Waals surface area (Å²) in [7, 11) is -3.57. The van der Waals surface area contributed by atoms with E-state index in [1.165, 1.54) is 41.9 Å². The molecule has 2 heterocycles. The first-order chi connectivity index (χ1) is 15.4. The number of carbonyl (C=O) groups is 1. The molecule has 1 N–H and O–H groups in total. The number of hydrogen-bond acceptors (Lipinski definition) is 4. The fourth-order valence-corrected chi connectivity index (χ4v) is 5.93. The molecule has 4 rings (SSSR count). The minimum Gasteiger partial charge on any atom is -0.348 e. The van der Waals surface area contributed by atoms with Crippen LogP contribution in [0, 0.1) is 5.92 Å². The molecule has 0 atom stereocenters. The molecule has 0 bridgehead atoms. The highest BCUT2D eigenvalue weighted by molar-refractivity contribution is 7.89. The summed E-state index contributed by atoms with van der Waals surface area (Å²) in [5.41, 5.74) is 2.67. The number of benzene rings is 2. The van der Waals surface area contributed by atoms with E-state index in [1.807, 2.05) is 12.1 Å². The molecule has 0 unspecified atom stereocenters. The number of nitrogens with zero attached hydrogens (tertiary/aromatic N) is 2. The highest BCUT2D eigenvalue weighted by Gasteiger charge is 2.28. The number of hydrogen-bond donors (Lipinski definition) is 1. The molecular formula is C25H33N3O3S. The van der Waals surface area contributed by atoms with Crippen molar-refractivity contribution in [2.75, 3.05) is 26.2 Å². The normalized spacial score (nSPS) is 18.7. The Kier molecular flexibility index (Phi) is 7.28. The Bertz CT molecular complexity index is 1020. The summed E-state index contributed by atoms with van der Waals surface area (Å²) in [5, 5.41) is 2.91. The van der Waals surface area contributed by atoms with Gasteiger partial charge in [-0.15, -0.1) is 0 Å². The number of carbonyl (C=O) groups excluding carboxylic acids is 1. The van der Waals surface area contributed by atoms with Crippen molar-refractivity contribution < 1.29 is 13.2 Å². The molecule has 2 aliphatic heterocycles. The molecule has 2 saturated heterocycles. The average Bonchev–Trinajstić information content (AvgIpc) is 3.32. The van der Waals surface area contributed by atoms with E-state index >= 15 is 0 Å². The number of amides is 1. The topological polar surface area (TPSA) is 69.7 Å². The van der Waals surface area contributed by atoms with Crippen LogP contribution in [0.1, 0.15) is 54.1 Å². The van der Waals surface area contributed by atoms with Gasteiger partial charge in [0.05, 0.1) is 4.90 Å². The Balaban J connectivity index is 1.35. The maximum atomic E-state index is 13.0. The molecule has 0 spiro atoms. The molecule has 0 radical (unpaired) electrons. The SMILES string of the molecule is CC1CCN(S(=O)(=O)c2cccc(C(=O)NCc3ccc(CN4CCCC4)cc3)c2)CC1. The van der Waals surface area contributed by atoms with Crippen molar-refractivity contribution in [3.63, 3.8) is 0 Å². The first-order valence-electron chi connectivity index (χ1n) is 11.6. The molecule has 6 nitrogen and oxygen atoms in total. The van der Waals surface area contributed by atoms with E-state index in [-0.39, 0.29) is 10.8 Å². The predicted octanol–water partition coefficient (Wildman–Crippen LogP) is 3.63. The molecule has 2 aliphatic rings. The summed E-state index contributed by atoms with van der Waals surface area (Å²) in [5.74, 6) is 0.281. The lowest BCUT2D eigenvalue weighted by Gasteiger charge is -2.29. The van der Waals surface area contributed by atoms with Gasteiger partial charge < -0.3 is 5.32 Å². The van der Waals surface area contributed by atoms with E-state index in [1.54, 1.807) is 18.2 Å².